The van der Waals surface area contributed by atoms with Gasteiger partial charge in [0.1, 0.15) is 5.82 Å². The molecule has 1 N–H and O–H groups in total. The number of imidazole rings is 1. The first kappa shape index (κ1) is 12.5. The monoisotopic (exact) mass is 269 g/mol. The Labute approximate surface area is 113 Å². The van der Waals surface area contributed by atoms with E-state index in [0.717, 1.165) is 56.8 Å². The van der Waals surface area contributed by atoms with Gasteiger partial charge in [-0.3, -0.25) is 0 Å². The van der Waals surface area contributed by atoms with Crippen LogP contribution in [0, 0.1) is 0 Å². The minimum atomic E-state index is -0.432. The van der Waals surface area contributed by atoms with E-state index in [0.29, 0.717) is 11.1 Å². The van der Waals surface area contributed by atoms with Crippen molar-refractivity contribution in [1.29, 1.82) is 0 Å². The summed E-state index contributed by atoms with van der Waals surface area (Å²) in [6, 6.07) is 0. The van der Waals surface area contributed by atoms with Crippen molar-refractivity contribution in [3.8, 4) is 0 Å². The summed E-state index contributed by atoms with van der Waals surface area (Å²) in [5, 5.41) is 10.6. The molecule has 5 heteroatoms. The Hall–Kier alpha value is -0.580. The van der Waals surface area contributed by atoms with Crippen molar-refractivity contribution in [2.45, 2.75) is 44.2 Å². The molecular formula is C13H20ClN3O. The van der Waals surface area contributed by atoms with Crippen LogP contribution in [0.1, 0.15) is 49.2 Å². The predicted molar refractivity (Wildman–Crippen MR) is 70.9 cm³/mol. The molecule has 2 aliphatic rings. The van der Waals surface area contributed by atoms with Gasteiger partial charge in [-0.05, 0) is 45.8 Å². The Kier molecular flexibility index (Phi) is 3.34. The lowest BCUT2D eigenvalue weighted by Crippen LogP contribution is -2.31. The second-order valence-corrected chi connectivity index (χ2v) is 5.89. The van der Waals surface area contributed by atoms with E-state index < -0.39 is 6.10 Å². The first-order valence-electron chi connectivity index (χ1n) is 6.79. The summed E-state index contributed by atoms with van der Waals surface area (Å²) in [6.07, 6.45) is 3.66. The van der Waals surface area contributed by atoms with E-state index >= 15 is 0 Å². The molecular weight excluding hydrogens is 250 g/mol. The topological polar surface area (TPSA) is 41.3 Å². The third-order valence-corrected chi connectivity index (χ3v) is 4.53. The van der Waals surface area contributed by atoms with Gasteiger partial charge in [-0.25, -0.2) is 4.98 Å². The summed E-state index contributed by atoms with van der Waals surface area (Å²) in [7, 11) is 2.16. The number of halogens is 1. The molecule has 3 rings (SSSR count). The molecule has 100 valence electrons. The van der Waals surface area contributed by atoms with Crippen LogP contribution in [0.15, 0.2) is 0 Å². The van der Waals surface area contributed by atoms with E-state index in [4.69, 9.17) is 11.6 Å². The second kappa shape index (κ2) is 4.83. The lowest BCUT2D eigenvalue weighted by Gasteiger charge is -2.30. The quantitative estimate of drug-likeness (QED) is 0.850. The smallest absolute Gasteiger partial charge is 0.153 e. The third kappa shape index (κ3) is 2.06. The van der Waals surface area contributed by atoms with Gasteiger partial charge in [-0.15, -0.1) is 0 Å². The van der Waals surface area contributed by atoms with Gasteiger partial charge in [0.05, 0.1) is 11.8 Å². The zero-order valence-corrected chi connectivity index (χ0v) is 11.5. The maximum atomic E-state index is 10.0. The molecule has 2 aliphatic heterocycles. The fourth-order valence-electron chi connectivity index (χ4n) is 3.16. The van der Waals surface area contributed by atoms with Gasteiger partial charge >= 0.3 is 0 Å². The first-order valence-corrected chi connectivity index (χ1v) is 7.17. The molecule has 1 fully saturated rings. The Morgan fingerprint density at radius 3 is 2.67 bits per heavy atom. The fourth-order valence-corrected chi connectivity index (χ4v) is 3.48. The van der Waals surface area contributed by atoms with Crippen molar-refractivity contribution < 1.29 is 5.11 Å². The van der Waals surface area contributed by atoms with Gasteiger partial charge in [-0.1, -0.05) is 11.6 Å². The zero-order valence-electron chi connectivity index (χ0n) is 10.8. The number of piperidine rings is 1. The standard InChI is InChI=1S/C13H20ClN3O/c1-16-7-4-9(5-8-16)13-15-12(14)11-10(18)3-2-6-17(11)13/h9-10,18H,2-8H2,1H3. The van der Waals surface area contributed by atoms with Gasteiger partial charge in [-0.2, -0.15) is 0 Å². The average Bonchev–Trinajstić information content (AvgIpc) is 2.69. The number of fused-ring (bicyclic) bond motifs is 1. The molecule has 0 saturated carbocycles. The fraction of sp³-hybridized carbons (Fsp3) is 0.769. The molecule has 4 nitrogen and oxygen atoms in total. The number of hydrogen-bond donors (Lipinski definition) is 1. The van der Waals surface area contributed by atoms with Crippen LogP contribution in [0.5, 0.6) is 0 Å². The Morgan fingerprint density at radius 2 is 1.94 bits per heavy atom. The number of nitrogens with zero attached hydrogens (tertiary/aromatic N) is 3. The maximum Gasteiger partial charge on any atom is 0.153 e. The summed E-state index contributed by atoms with van der Waals surface area (Å²) < 4.78 is 2.17. The number of likely N-dealkylation sites (tertiary alicyclic amines) is 1. The highest BCUT2D eigenvalue weighted by Crippen LogP contribution is 2.36. The summed E-state index contributed by atoms with van der Waals surface area (Å²) in [5.74, 6) is 1.60. The summed E-state index contributed by atoms with van der Waals surface area (Å²) in [4.78, 5) is 6.90. The van der Waals surface area contributed by atoms with Crippen molar-refractivity contribution in [2.24, 2.45) is 0 Å². The highest BCUT2D eigenvalue weighted by Gasteiger charge is 2.30. The van der Waals surface area contributed by atoms with Crippen LogP contribution in [0.25, 0.3) is 0 Å². The Bertz CT molecular complexity index is 438. The van der Waals surface area contributed by atoms with Gasteiger partial charge in [0.25, 0.3) is 0 Å². The summed E-state index contributed by atoms with van der Waals surface area (Å²) >= 11 is 6.20. The van der Waals surface area contributed by atoms with Crippen LogP contribution in [-0.2, 0) is 6.54 Å². The van der Waals surface area contributed by atoms with E-state index in [1.165, 1.54) is 0 Å². The molecule has 0 radical (unpaired) electrons. The Morgan fingerprint density at radius 1 is 1.22 bits per heavy atom. The van der Waals surface area contributed by atoms with Gasteiger partial charge in [0.2, 0.25) is 0 Å². The van der Waals surface area contributed by atoms with Gasteiger partial charge in [0, 0.05) is 12.5 Å². The lowest BCUT2D eigenvalue weighted by molar-refractivity contribution is 0.137. The third-order valence-electron chi connectivity index (χ3n) is 4.25. The molecule has 0 amide bonds. The van der Waals surface area contributed by atoms with E-state index in [2.05, 4.69) is 21.5 Å². The molecule has 0 spiro atoms. The highest BCUT2D eigenvalue weighted by atomic mass is 35.5. The number of aliphatic hydroxyl groups excluding tert-OH is 1. The number of aliphatic hydroxyl groups is 1. The van der Waals surface area contributed by atoms with E-state index in [-0.39, 0.29) is 0 Å². The maximum absolute atomic E-state index is 10.0. The summed E-state index contributed by atoms with van der Waals surface area (Å²) in [6.45, 7) is 3.19. The normalized spacial score (nSPS) is 26.3. The van der Waals surface area contributed by atoms with Crippen LogP contribution in [0.4, 0.5) is 0 Å². The van der Waals surface area contributed by atoms with Crippen molar-refractivity contribution >= 4 is 11.6 Å². The second-order valence-electron chi connectivity index (χ2n) is 5.53. The molecule has 3 heterocycles. The number of aromatic nitrogens is 2. The van der Waals surface area contributed by atoms with Gasteiger partial charge < -0.3 is 14.6 Å². The molecule has 1 atom stereocenters. The molecule has 0 aliphatic carbocycles. The van der Waals surface area contributed by atoms with Crippen LogP contribution in [0.3, 0.4) is 0 Å². The molecule has 0 aromatic carbocycles. The van der Waals surface area contributed by atoms with Crippen molar-refractivity contribution in [1.82, 2.24) is 14.5 Å². The van der Waals surface area contributed by atoms with Crippen molar-refractivity contribution in [3.63, 3.8) is 0 Å². The molecule has 1 saturated heterocycles. The van der Waals surface area contributed by atoms with Crippen molar-refractivity contribution in [3.05, 3.63) is 16.7 Å². The zero-order chi connectivity index (χ0) is 12.7. The van der Waals surface area contributed by atoms with Gasteiger partial charge in [0.15, 0.2) is 5.15 Å². The number of hydrogen-bond acceptors (Lipinski definition) is 3. The van der Waals surface area contributed by atoms with Crippen molar-refractivity contribution in [2.75, 3.05) is 20.1 Å². The predicted octanol–water partition coefficient (Wildman–Crippen LogP) is 2.17. The minimum absolute atomic E-state index is 0.432. The summed E-state index contributed by atoms with van der Waals surface area (Å²) in [5.41, 5.74) is 0.844. The first-order chi connectivity index (χ1) is 8.66. The van der Waals surface area contributed by atoms with Crippen LogP contribution < -0.4 is 0 Å². The molecule has 1 aromatic heterocycles. The Balaban J connectivity index is 1.91. The van der Waals surface area contributed by atoms with E-state index in [1.54, 1.807) is 0 Å². The molecule has 1 aromatic rings. The molecule has 1 unspecified atom stereocenters. The van der Waals surface area contributed by atoms with Crippen LogP contribution in [-0.4, -0.2) is 39.7 Å². The average molecular weight is 270 g/mol. The van der Waals surface area contributed by atoms with Crippen LogP contribution in [0.2, 0.25) is 5.15 Å². The molecule has 0 bridgehead atoms. The van der Waals surface area contributed by atoms with E-state index in [9.17, 15) is 5.11 Å². The highest BCUT2D eigenvalue weighted by molar-refractivity contribution is 6.30. The largest absolute Gasteiger partial charge is 0.387 e. The SMILES string of the molecule is CN1CCC(c2nc(Cl)c3n2CCCC3O)CC1. The van der Waals surface area contributed by atoms with Crippen LogP contribution >= 0.6 is 11.6 Å². The molecule has 18 heavy (non-hydrogen) atoms. The lowest BCUT2D eigenvalue weighted by atomic mass is 9.96. The van der Waals surface area contributed by atoms with E-state index in [1.807, 2.05) is 0 Å². The minimum Gasteiger partial charge on any atom is -0.387 e. The number of rotatable bonds is 1.